The molecule has 2 rings (SSSR count). The molecule has 1 aromatic carbocycles. The van der Waals surface area contributed by atoms with Gasteiger partial charge in [0.15, 0.2) is 0 Å². The molecule has 1 atom stereocenters. The second-order valence-corrected chi connectivity index (χ2v) is 4.46. The predicted molar refractivity (Wildman–Crippen MR) is 61.9 cm³/mol. The molecular weight excluding hydrogens is 229 g/mol. The van der Waals surface area contributed by atoms with E-state index in [4.69, 9.17) is 5.73 Å². The van der Waals surface area contributed by atoms with Crippen molar-refractivity contribution in [3.63, 3.8) is 0 Å². The van der Waals surface area contributed by atoms with Crippen LogP contribution in [-0.4, -0.2) is 12.6 Å². The van der Waals surface area contributed by atoms with Gasteiger partial charge in [-0.25, -0.2) is 0 Å². The first-order chi connectivity index (χ1) is 7.89. The lowest BCUT2D eigenvalue weighted by Gasteiger charge is -2.27. The second-order valence-electron chi connectivity index (χ2n) is 4.46. The normalized spacial score (nSPS) is 20.9. The van der Waals surface area contributed by atoms with E-state index >= 15 is 0 Å². The Labute approximate surface area is 98.2 Å². The number of nitrogen functional groups attached to an aromatic ring is 1. The standard InChI is InChI=1S/C12H15F3N2/c1-8-3-2-6-17(8)11-5-4-9(16)7-10(11)12(13,14)15/h4-5,7-8H,2-3,6,16H2,1H3. The number of benzene rings is 1. The molecule has 1 unspecified atom stereocenters. The zero-order valence-electron chi connectivity index (χ0n) is 9.59. The molecule has 5 heteroatoms. The lowest BCUT2D eigenvalue weighted by Crippen LogP contribution is -2.28. The maximum atomic E-state index is 12.9. The first-order valence-corrected chi connectivity index (χ1v) is 5.63. The highest BCUT2D eigenvalue weighted by atomic mass is 19.4. The van der Waals surface area contributed by atoms with Crippen LogP contribution in [0.1, 0.15) is 25.3 Å². The highest BCUT2D eigenvalue weighted by Crippen LogP contribution is 2.39. The van der Waals surface area contributed by atoms with Crippen LogP contribution in [0.2, 0.25) is 0 Å². The number of halogens is 3. The molecule has 1 aliphatic heterocycles. The van der Waals surface area contributed by atoms with E-state index in [1.807, 2.05) is 11.8 Å². The molecule has 0 aliphatic carbocycles. The summed E-state index contributed by atoms with van der Waals surface area (Å²) < 4.78 is 38.8. The van der Waals surface area contributed by atoms with Crippen LogP contribution in [0.25, 0.3) is 0 Å². The molecule has 2 nitrogen and oxygen atoms in total. The smallest absolute Gasteiger partial charge is 0.399 e. The number of alkyl halides is 3. The average molecular weight is 244 g/mol. The number of nitrogens with two attached hydrogens (primary N) is 1. The van der Waals surface area contributed by atoms with Gasteiger partial charge in [0.2, 0.25) is 0 Å². The third-order valence-corrected chi connectivity index (χ3v) is 3.19. The second kappa shape index (κ2) is 4.13. The van der Waals surface area contributed by atoms with Crippen molar-refractivity contribution in [1.82, 2.24) is 0 Å². The van der Waals surface area contributed by atoms with E-state index in [0.717, 1.165) is 18.9 Å². The third-order valence-electron chi connectivity index (χ3n) is 3.19. The SMILES string of the molecule is CC1CCCN1c1ccc(N)cc1C(F)(F)F. The van der Waals surface area contributed by atoms with E-state index in [-0.39, 0.29) is 17.4 Å². The van der Waals surface area contributed by atoms with Crippen molar-refractivity contribution in [2.45, 2.75) is 32.0 Å². The summed E-state index contributed by atoms with van der Waals surface area (Å²) >= 11 is 0. The van der Waals surface area contributed by atoms with Gasteiger partial charge in [-0.15, -0.1) is 0 Å². The van der Waals surface area contributed by atoms with Crippen LogP contribution in [0.5, 0.6) is 0 Å². The van der Waals surface area contributed by atoms with E-state index in [2.05, 4.69) is 0 Å². The minimum Gasteiger partial charge on any atom is -0.399 e. The number of hydrogen-bond donors (Lipinski definition) is 1. The third kappa shape index (κ3) is 2.33. The van der Waals surface area contributed by atoms with Crippen LogP contribution in [0.4, 0.5) is 24.5 Å². The fourth-order valence-corrected chi connectivity index (χ4v) is 2.32. The van der Waals surface area contributed by atoms with Gasteiger partial charge in [-0.2, -0.15) is 13.2 Å². The summed E-state index contributed by atoms with van der Waals surface area (Å²) in [4.78, 5) is 1.81. The Morgan fingerprint density at radius 1 is 1.35 bits per heavy atom. The van der Waals surface area contributed by atoms with Gasteiger partial charge in [-0.1, -0.05) is 0 Å². The van der Waals surface area contributed by atoms with Gasteiger partial charge in [-0.3, -0.25) is 0 Å². The monoisotopic (exact) mass is 244 g/mol. The Bertz CT molecular complexity index is 415. The summed E-state index contributed by atoms with van der Waals surface area (Å²) in [6.45, 7) is 2.62. The van der Waals surface area contributed by atoms with Crippen molar-refractivity contribution in [1.29, 1.82) is 0 Å². The topological polar surface area (TPSA) is 29.3 Å². The van der Waals surface area contributed by atoms with Crippen LogP contribution in [0.3, 0.4) is 0 Å². The van der Waals surface area contributed by atoms with Crippen LogP contribution in [0, 0.1) is 0 Å². The van der Waals surface area contributed by atoms with Crippen molar-refractivity contribution < 1.29 is 13.2 Å². The summed E-state index contributed by atoms with van der Waals surface area (Å²) in [6.07, 6.45) is -2.49. The van der Waals surface area contributed by atoms with Gasteiger partial charge in [0.1, 0.15) is 0 Å². The molecular formula is C12H15F3N2. The van der Waals surface area contributed by atoms with E-state index < -0.39 is 11.7 Å². The fourth-order valence-electron chi connectivity index (χ4n) is 2.32. The summed E-state index contributed by atoms with van der Waals surface area (Å²) in [5.41, 5.74) is 5.20. The van der Waals surface area contributed by atoms with Crippen molar-refractivity contribution in [2.75, 3.05) is 17.2 Å². The Kier molecular flexibility index (Phi) is 2.93. The van der Waals surface area contributed by atoms with Gasteiger partial charge >= 0.3 is 6.18 Å². The van der Waals surface area contributed by atoms with E-state index in [0.29, 0.717) is 6.54 Å². The van der Waals surface area contributed by atoms with Gasteiger partial charge in [0.25, 0.3) is 0 Å². The van der Waals surface area contributed by atoms with Gasteiger partial charge in [0, 0.05) is 24.0 Å². The quantitative estimate of drug-likeness (QED) is 0.768. The first-order valence-electron chi connectivity index (χ1n) is 5.63. The maximum absolute atomic E-state index is 12.9. The first kappa shape index (κ1) is 12.1. The molecule has 1 heterocycles. The van der Waals surface area contributed by atoms with Crippen molar-refractivity contribution >= 4 is 11.4 Å². The number of hydrogen-bond acceptors (Lipinski definition) is 2. The molecule has 2 N–H and O–H groups in total. The highest BCUT2D eigenvalue weighted by molar-refractivity contribution is 5.61. The lowest BCUT2D eigenvalue weighted by atomic mass is 10.1. The average Bonchev–Trinajstić information content (AvgIpc) is 2.63. The van der Waals surface area contributed by atoms with Crippen molar-refractivity contribution in [3.8, 4) is 0 Å². The number of nitrogens with zero attached hydrogens (tertiary/aromatic N) is 1. The Balaban J connectivity index is 2.46. The molecule has 0 radical (unpaired) electrons. The highest BCUT2D eigenvalue weighted by Gasteiger charge is 2.36. The lowest BCUT2D eigenvalue weighted by molar-refractivity contribution is -0.137. The summed E-state index contributed by atoms with van der Waals surface area (Å²) in [7, 11) is 0. The van der Waals surface area contributed by atoms with E-state index in [9.17, 15) is 13.2 Å². The summed E-state index contributed by atoms with van der Waals surface area (Å²) in [5, 5.41) is 0. The molecule has 0 spiro atoms. The Morgan fingerprint density at radius 3 is 2.59 bits per heavy atom. The molecule has 94 valence electrons. The molecule has 17 heavy (non-hydrogen) atoms. The van der Waals surface area contributed by atoms with Crippen molar-refractivity contribution in [2.24, 2.45) is 0 Å². The van der Waals surface area contributed by atoms with Crippen LogP contribution in [-0.2, 0) is 6.18 Å². The van der Waals surface area contributed by atoms with E-state index in [1.165, 1.54) is 12.1 Å². The predicted octanol–water partition coefficient (Wildman–Crippen LogP) is 3.28. The largest absolute Gasteiger partial charge is 0.418 e. The van der Waals surface area contributed by atoms with Gasteiger partial charge in [0.05, 0.1) is 5.56 Å². The van der Waals surface area contributed by atoms with Gasteiger partial charge < -0.3 is 10.6 Å². The molecule has 0 amide bonds. The molecule has 1 saturated heterocycles. The molecule has 1 aromatic rings. The fraction of sp³-hybridized carbons (Fsp3) is 0.500. The molecule has 0 bridgehead atoms. The van der Waals surface area contributed by atoms with Crippen LogP contribution < -0.4 is 10.6 Å². The number of anilines is 2. The minimum absolute atomic E-state index is 0.146. The van der Waals surface area contributed by atoms with Gasteiger partial charge in [-0.05, 0) is 38.0 Å². The molecule has 1 aliphatic rings. The van der Waals surface area contributed by atoms with E-state index in [1.54, 1.807) is 0 Å². The Hall–Kier alpha value is -1.39. The van der Waals surface area contributed by atoms with Crippen LogP contribution in [0.15, 0.2) is 18.2 Å². The zero-order valence-corrected chi connectivity index (χ0v) is 9.59. The number of rotatable bonds is 1. The Morgan fingerprint density at radius 2 is 2.06 bits per heavy atom. The zero-order chi connectivity index (χ0) is 12.6. The molecule has 0 saturated carbocycles. The molecule has 0 aromatic heterocycles. The molecule has 1 fully saturated rings. The van der Waals surface area contributed by atoms with Crippen LogP contribution >= 0.6 is 0 Å². The summed E-state index contributed by atoms with van der Waals surface area (Å²) in [6, 6.07) is 4.16. The summed E-state index contributed by atoms with van der Waals surface area (Å²) in [5.74, 6) is 0. The maximum Gasteiger partial charge on any atom is 0.418 e. The van der Waals surface area contributed by atoms with Crippen molar-refractivity contribution in [3.05, 3.63) is 23.8 Å². The minimum atomic E-state index is -4.35.